The minimum atomic E-state index is 0. The molecule has 0 heterocycles. The first-order valence-corrected chi connectivity index (χ1v) is 7.38. The fourth-order valence-electron chi connectivity index (χ4n) is 1.14. The van der Waals surface area contributed by atoms with Crippen LogP contribution in [0, 0.1) is 6.92 Å². The maximum Gasteiger partial charge on any atom is -0.0279 e. The molecule has 0 radical (unpaired) electrons. The first-order valence-electron chi connectivity index (χ1n) is 7.38. The van der Waals surface area contributed by atoms with Gasteiger partial charge in [-0.3, -0.25) is 0 Å². The molecule has 0 aliphatic carbocycles. The highest BCUT2D eigenvalue weighted by molar-refractivity contribution is 5.21. The smallest absolute Gasteiger partial charge is 0.0279 e. The lowest BCUT2D eigenvalue weighted by Crippen LogP contribution is -1.83. The van der Waals surface area contributed by atoms with Crippen molar-refractivity contribution in [1.29, 1.82) is 0 Å². The average molecular weight is 271 g/mol. The summed E-state index contributed by atoms with van der Waals surface area (Å²) in [6.07, 6.45) is 3.83. The Labute approximate surface area is 125 Å². The van der Waals surface area contributed by atoms with Crippen molar-refractivity contribution in [1.82, 2.24) is 0 Å². The van der Waals surface area contributed by atoms with Gasteiger partial charge in [-0.1, -0.05) is 99.6 Å². The lowest BCUT2D eigenvalue weighted by molar-refractivity contribution is 0.795. The fourth-order valence-corrected chi connectivity index (χ4v) is 1.14. The molecule has 0 N–H and O–H groups in total. The van der Waals surface area contributed by atoms with Crippen LogP contribution >= 0.6 is 0 Å². The predicted molar refractivity (Wildman–Crippen MR) is 97.3 cm³/mol. The van der Waals surface area contributed by atoms with E-state index >= 15 is 0 Å². The monoisotopic (exact) mass is 270 g/mol. The number of unbranched alkanes of at least 4 members (excludes halogenated alkanes) is 1. The lowest BCUT2D eigenvalue weighted by atomic mass is 10.1. The van der Waals surface area contributed by atoms with Crippen LogP contribution < -0.4 is 0 Å². The molecule has 0 heteroatoms. The molecule has 0 fully saturated rings. The number of hydrogen-bond acceptors (Lipinski definition) is 0. The Balaban J connectivity index is -0.0000000724. The fraction of sp³-hybridized carbons (Fsp3) is 0.684. The summed E-state index contributed by atoms with van der Waals surface area (Å²) in [4.78, 5) is 0. The molecule has 118 valence electrons. The molecular weight excluding hydrogens is 228 g/mol. The second-order valence-corrected chi connectivity index (χ2v) is 3.09. The van der Waals surface area contributed by atoms with E-state index in [0.717, 1.165) is 0 Å². The van der Waals surface area contributed by atoms with Crippen molar-refractivity contribution in [2.24, 2.45) is 0 Å². The van der Waals surface area contributed by atoms with Gasteiger partial charge < -0.3 is 0 Å². The molecule has 0 saturated carbocycles. The number of rotatable bonds is 3. The average Bonchev–Trinajstić information content (AvgIpc) is 2.45. The quantitative estimate of drug-likeness (QED) is 0.528. The normalized spacial score (nSPS) is 6.74. The molecule has 0 amide bonds. The van der Waals surface area contributed by atoms with Gasteiger partial charge in [0, 0.05) is 0 Å². The highest BCUT2D eigenvalue weighted by atomic mass is 14.0. The summed E-state index contributed by atoms with van der Waals surface area (Å²) in [5, 5.41) is 0. The largest absolute Gasteiger partial charge is 0.0776 e. The first kappa shape index (κ1) is 30.9. The Kier molecular flexibility index (Phi) is 49.4. The van der Waals surface area contributed by atoms with Crippen molar-refractivity contribution >= 4 is 0 Å². The van der Waals surface area contributed by atoms with Gasteiger partial charge in [-0.05, 0) is 25.3 Å². The summed E-state index contributed by atoms with van der Waals surface area (Å²) in [7, 11) is 0. The van der Waals surface area contributed by atoms with Gasteiger partial charge >= 0.3 is 0 Å². The summed E-state index contributed by atoms with van der Waals surface area (Å²) < 4.78 is 0. The summed E-state index contributed by atoms with van der Waals surface area (Å²) >= 11 is 0. The van der Waals surface area contributed by atoms with Crippen molar-refractivity contribution in [3.63, 3.8) is 0 Å². The zero-order valence-corrected chi connectivity index (χ0v) is 13.4. The van der Waals surface area contributed by atoms with E-state index in [1.807, 2.05) is 41.5 Å². The Morgan fingerprint density at radius 3 is 1.42 bits per heavy atom. The van der Waals surface area contributed by atoms with Gasteiger partial charge in [0.1, 0.15) is 0 Å². The van der Waals surface area contributed by atoms with E-state index in [9.17, 15) is 0 Å². The molecule has 0 aliphatic rings. The summed E-state index contributed by atoms with van der Waals surface area (Å²) in [5.74, 6) is 0. The molecule has 0 atom stereocenters. The van der Waals surface area contributed by atoms with Gasteiger partial charge in [0.2, 0.25) is 0 Å². The summed E-state index contributed by atoms with van der Waals surface area (Å²) in [5.41, 5.74) is 2.82. The number of hydrogen-bond donors (Lipinski definition) is 0. The minimum absolute atomic E-state index is 0. The van der Waals surface area contributed by atoms with E-state index in [1.54, 1.807) is 0 Å². The second kappa shape index (κ2) is 30.3. The maximum atomic E-state index is 2.23. The zero-order chi connectivity index (χ0) is 14.1. The molecule has 0 nitrogen and oxygen atoms in total. The Hall–Kier alpha value is -0.780. The van der Waals surface area contributed by atoms with Crippen LogP contribution in [0.4, 0.5) is 0 Å². The van der Waals surface area contributed by atoms with E-state index in [4.69, 9.17) is 0 Å². The third-order valence-corrected chi connectivity index (χ3v) is 1.94. The highest BCUT2D eigenvalue weighted by Crippen LogP contribution is 2.06. The third kappa shape index (κ3) is 22.8. The molecule has 0 bridgehead atoms. The van der Waals surface area contributed by atoms with Crippen molar-refractivity contribution in [3.05, 3.63) is 35.4 Å². The molecule has 1 aromatic carbocycles. The van der Waals surface area contributed by atoms with Crippen molar-refractivity contribution in [3.8, 4) is 0 Å². The summed E-state index contributed by atoms with van der Waals surface area (Å²) in [6.45, 7) is 16.4. The van der Waals surface area contributed by atoms with Gasteiger partial charge in [-0.15, -0.1) is 0 Å². The van der Waals surface area contributed by atoms with E-state index in [1.165, 1.54) is 30.4 Å². The molecule has 1 aromatic rings. The van der Waals surface area contributed by atoms with Gasteiger partial charge in [0.15, 0.2) is 0 Å². The Morgan fingerprint density at radius 2 is 1.11 bits per heavy atom. The van der Waals surface area contributed by atoms with Crippen LogP contribution in [-0.4, -0.2) is 0 Å². The van der Waals surface area contributed by atoms with E-state index < -0.39 is 0 Å². The molecular formula is C19H42. The second-order valence-electron chi connectivity index (χ2n) is 3.09. The van der Waals surface area contributed by atoms with Crippen molar-refractivity contribution in [2.45, 2.75) is 89.5 Å². The van der Waals surface area contributed by atoms with Gasteiger partial charge in [0.05, 0.1) is 0 Å². The molecule has 0 spiro atoms. The van der Waals surface area contributed by atoms with Crippen LogP contribution in [0.2, 0.25) is 0 Å². The molecule has 0 saturated heterocycles. The van der Waals surface area contributed by atoms with Crippen LogP contribution in [0.1, 0.15) is 87.3 Å². The van der Waals surface area contributed by atoms with Crippen molar-refractivity contribution < 1.29 is 0 Å². The van der Waals surface area contributed by atoms with Crippen LogP contribution in [0.5, 0.6) is 0 Å². The van der Waals surface area contributed by atoms with E-state index in [0.29, 0.717) is 0 Å². The Morgan fingerprint density at radius 1 is 0.737 bits per heavy atom. The number of benzene rings is 1. The molecule has 19 heavy (non-hydrogen) atoms. The third-order valence-electron chi connectivity index (χ3n) is 1.94. The first-order chi connectivity index (χ1) is 8.33. The molecule has 0 unspecified atom stereocenters. The van der Waals surface area contributed by atoms with Gasteiger partial charge in [-0.2, -0.15) is 0 Å². The lowest BCUT2D eigenvalue weighted by Gasteiger charge is -1.99. The summed E-state index contributed by atoms with van der Waals surface area (Å²) in [6, 6.07) is 8.83. The van der Waals surface area contributed by atoms with Crippen LogP contribution in [0.3, 0.4) is 0 Å². The van der Waals surface area contributed by atoms with Gasteiger partial charge in [0.25, 0.3) is 0 Å². The Bertz CT molecular complexity index is 196. The molecule has 1 rings (SSSR count). The topological polar surface area (TPSA) is 0 Å². The molecule has 0 aliphatic heterocycles. The predicted octanol–water partition coefficient (Wildman–Crippen LogP) is 7.69. The highest BCUT2D eigenvalue weighted by Gasteiger charge is 1.90. The van der Waals surface area contributed by atoms with E-state index in [2.05, 4.69) is 38.1 Å². The van der Waals surface area contributed by atoms with Crippen LogP contribution in [0.15, 0.2) is 24.3 Å². The minimum Gasteiger partial charge on any atom is -0.0776 e. The van der Waals surface area contributed by atoms with Crippen molar-refractivity contribution in [2.75, 3.05) is 0 Å². The molecule has 0 aromatic heterocycles. The number of aryl methyl sites for hydroxylation is 2. The van der Waals surface area contributed by atoms with Crippen LogP contribution in [0.25, 0.3) is 0 Å². The van der Waals surface area contributed by atoms with E-state index in [-0.39, 0.29) is 14.9 Å². The van der Waals surface area contributed by atoms with Gasteiger partial charge in [-0.25, -0.2) is 0 Å². The maximum absolute atomic E-state index is 2.23. The standard InChI is InChI=1S/C11H16.3C2H6.2CH4/c1-3-4-5-11-8-6-10(2)7-9-11;3*1-2;;/h6-9H,3-5H2,1-2H3;3*1-2H3;2*1H4. The zero-order valence-electron chi connectivity index (χ0n) is 13.4. The van der Waals surface area contributed by atoms with Crippen LogP contribution in [-0.2, 0) is 6.42 Å². The SMILES string of the molecule is C.C.CC.CC.CC.CCCCc1ccc(C)cc1.